The van der Waals surface area contributed by atoms with Gasteiger partial charge in [-0.15, -0.1) is 74.4 Å². The van der Waals surface area contributed by atoms with Gasteiger partial charge in [-0.05, 0) is 221 Å². The van der Waals surface area contributed by atoms with Crippen LogP contribution < -0.4 is 22.9 Å². The van der Waals surface area contributed by atoms with Crippen LogP contribution in [0.15, 0.2) is 0 Å². The van der Waals surface area contributed by atoms with Gasteiger partial charge in [0.25, 0.3) is 0 Å². The molecule has 8 bridgehead atoms. The van der Waals surface area contributed by atoms with Crippen molar-refractivity contribution < 1.29 is 27.2 Å². The molecule has 8 N–H and O–H groups in total. The van der Waals surface area contributed by atoms with Crippen LogP contribution in [0.1, 0.15) is 122 Å². The lowest BCUT2D eigenvalue weighted by molar-refractivity contribution is -0.0629. The lowest BCUT2D eigenvalue weighted by Crippen LogP contribution is -2.46. The highest BCUT2D eigenvalue weighted by Gasteiger charge is 2.52. The normalized spacial score (nSPS) is 30.3. The monoisotopic (exact) mass is 1060 g/mol. The molecule has 0 aromatic rings. The number of halogens is 6. The molecule has 8 rings (SSSR count). The highest BCUT2D eigenvalue weighted by molar-refractivity contribution is 7.54. The Balaban J connectivity index is 0.00000641. The van der Waals surface area contributed by atoms with E-state index < -0.39 is 15.2 Å². The lowest BCUT2D eigenvalue weighted by Gasteiger charge is -2.57. The van der Waals surface area contributed by atoms with Gasteiger partial charge in [-0.2, -0.15) is 0 Å². The van der Waals surface area contributed by atoms with Crippen LogP contribution in [0.3, 0.4) is 0 Å². The molecule has 0 radical (unpaired) electrons. The molecule has 2 atom stereocenters. The quantitative estimate of drug-likeness (QED) is 0.0371. The van der Waals surface area contributed by atoms with Gasteiger partial charge in [-0.3, -0.25) is 9.13 Å². The van der Waals surface area contributed by atoms with Crippen LogP contribution in [-0.2, 0) is 27.2 Å². The molecule has 12 nitrogen and oxygen atoms in total. The molecule has 380 valence electrons. The molecular weight excluding hydrogens is 971 g/mol. The van der Waals surface area contributed by atoms with Crippen LogP contribution in [0.2, 0.25) is 0 Å². The second-order valence-electron chi connectivity index (χ2n) is 19.9. The molecule has 0 amide bonds. The van der Waals surface area contributed by atoms with Crippen molar-refractivity contribution in [1.29, 1.82) is 0 Å². The van der Waals surface area contributed by atoms with E-state index in [9.17, 15) is 9.13 Å². The average Bonchev–Trinajstić information content (AvgIpc) is 3.16. The first-order chi connectivity index (χ1) is 27.6. The number of hydrogen-bond donors (Lipinski definition) is 4. The predicted molar refractivity (Wildman–Crippen MR) is 275 cm³/mol. The van der Waals surface area contributed by atoms with E-state index >= 15 is 0 Å². The molecule has 8 aliphatic carbocycles. The Morgan fingerprint density at radius 1 is 0.397 bits per heavy atom. The molecule has 0 saturated heterocycles. The third kappa shape index (κ3) is 20.2. The number of hydrogen-bond acceptors (Lipinski definition) is 12. The molecule has 8 fully saturated rings. The van der Waals surface area contributed by atoms with E-state index in [1.807, 2.05) is 0 Å². The first-order valence-corrected chi connectivity index (χ1v) is 27.0. The van der Waals surface area contributed by atoms with Crippen molar-refractivity contribution >= 4 is 89.6 Å². The summed E-state index contributed by atoms with van der Waals surface area (Å²) < 4.78 is 54.2. The average molecular weight is 1060 g/mol. The zero-order valence-electron chi connectivity index (χ0n) is 38.2. The fraction of sp³-hybridized carbons (Fsp3) is 1.00. The molecule has 0 spiro atoms. The van der Waals surface area contributed by atoms with Crippen LogP contribution in [-0.4, -0.2) is 114 Å². The zero-order valence-corrected chi connectivity index (χ0v) is 44.9. The van der Waals surface area contributed by atoms with Crippen LogP contribution >= 0.6 is 89.6 Å². The second kappa shape index (κ2) is 31.9. The summed E-state index contributed by atoms with van der Waals surface area (Å²) in [6.07, 6.45) is 22.8. The molecule has 0 aromatic carbocycles. The Morgan fingerprint density at radius 3 is 0.905 bits per heavy atom. The third-order valence-electron chi connectivity index (χ3n) is 15.1. The molecule has 8 saturated carbocycles. The Bertz CT molecular complexity index is 1140. The summed E-state index contributed by atoms with van der Waals surface area (Å²) in [6, 6.07) is 0. The van der Waals surface area contributed by atoms with E-state index in [2.05, 4.69) is 9.80 Å². The van der Waals surface area contributed by atoms with Crippen molar-refractivity contribution in [2.45, 2.75) is 122 Å². The van der Waals surface area contributed by atoms with Gasteiger partial charge in [0.2, 0.25) is 0 Å². The first kappa shape index (κ1) is 64.8. The van der Waals surface area contributed by atoms with Gasteiger partial charge >= 0.3 is 15.2 Å². The van der Waals surface area contributed by atoms with Crippen LogP contribution in [0.25, 0.3) is 0 Å². The standard InChI is InChI=1S/C43H84N6O6P2.6ClH/c44-8-1-12-48(13-2-9-45)16-22-56(50,54-20-6-42-30-36-24-37(31-42)26-38(25-36)32-42)52-18-5-19-53-57(51,23-17-49(14-3-10-46)15-4-11-47)55-21-7-43-33-39-27-40(34-43)29-41(28-39)35-43;;;;;;/h36-41H,1-35,44-47H2;6*1H. The van der Waals surface area contributed by atoms with Gasteiger partial charge in [-0.1, -0.05) is 0 Å². The van der Waals surface area contributed by atoms with Crippen molar-refractivity contribution in [1.82, 2.24) is 9.80 Å². The molecule has 0 aromatic heterocycles. The van der Waals surface area contributed by atoms with Crippen molar-refractivity contribution in [3.05, 3.63) is 0 Å². The number of nitrogens with two attached hydrogens (primary N) is 4. The maximum atomic E-state index is 14.5. The van der Waals surface area contributed by atoms with E-state index in [0.29, 0.717) is 82.1 Å². The largest absolute Gasteiger partial charge is 0.331 e. The summed E-state index contributed by atoms with van der Waals surface area (Å²) in [5.41, 5.74) is 24.1. The van der Waals surface area contributed by atoms with Gasteiger partial charge in [0.15, 0.2) is 0 Å². The second-order valence-corrected chi connectivity index (χ2v) is 24.3. The van der Waals surface area contributed by atoms with Gasteiger partial charge in [-0.25, -0.2) is 0 Å². The van der Waals surface area contributed by atoms with Crippen molar-refractivity contribution in [3.63, 3.8) is 0 Å². The van der Waals surface area contributed by atoms with E-state index in [1.54, 1.807) is 0 Å². The zero-order chi connectivity index (χ0) is 40.2. The van der Waals surface area contributed by atoms with Gasteiger partial charge in [0.1, 0.15) is 0 Å². The summed E-state index contributed by atoms with van der Waals surface area (Å²) in [7, 11) is -6.82. The fourth-order valence-corrected chi connectivity index (χ4v) is 16.5. The molecule has 63 heavy (non-hydrogen) atoms. The summed E-state index contributed by atoms with van der Waals surface area (Å²) >= 11 is 0. The first-order valence-electron chi connectivity index (χ1n) is 23.6. The molecule has 0 heterocycles. The Morgan fingerprint density at radius 2 is 0.651 bits per heavy atom. The van der Waals surface area contributed by atoms with Crippen LogP contribution in [0.4, 0.5) is 0 Å². The van der Waals surface area contributed by atoms with Crippen LogP contribution in [0, 0.1) is 46.3 Å². The number of nitrogens with zero attached hydrogens (tertiary/aromatic N) is 2. The molecule has 0 aliphatic heterocycles. The maximum Gasteiger partial charge on any atom is 0.331 e. The van der Waals surface area contributed by atoms with Crippen molar-refractivity contribution in [2.75, 3.05) is 104 Å². The third-order valence-corrected chi connectivity index (χ3v) is 18.9. The van der Waals surface area contributed by atoms with Crippen molar-refractivity contribution in [2.24, 2.45) is 69.3 Å². The van der Waals surface area contributed by atoms with Crippen LogP contribution in [0.5, 0.6) is 0 Å². The van der Waals surface area contributed by atoms with E-state index in [4.69, 9.17) is 41.0 Å². The topological polar surface area (TPSA) is 182 Å². The Labute approximate surface area is 419 Å². The Hall–Kier alpha value is 1.80. The minimum atomic E-state index is -3.41. The highest BCUT2D eigenvalue weighted by Crippen LogP contribution is 2.63. The summed E-state index contributed by atoms with van der Waals surface area (Å²) in [4.78, 5) is 4.59. The maximum absolute atomic E-state index is 14.5. The molecule has 8 aliphatic rings. The van der Waals surface area contributed by atoms with Crippen molar-refractivity contribution in [3.8, 4) is 0 Å². The molecule has 20 heteroatoms. The minimum absolute atomic E-state index is 0. The van der Waals surface area contributed by atoms with E-state index in [1.165, 1.54) is 77.0 Å². The van der Waals surface area contributed by atoms with Gasteiger partial charge in [0.05, 0.1) is 38.8 Å². The van der Waals surface area contributed by atoms with E-state index in [-0.39, 0.29) is 87.7 Å². The molecular formula is C43H90Cl6N6O6P2. The van der Waals surface area contributed by atoms with E-state index in [0.717, 1.165) is 100 Å². The smallest absolute Gasteiger partial charge is 0.330 e. The minimum Gasteiger partial charge on any atom is -0.330 e. The fourth-order valence-electron chi connectivity index (χ4n) is 13.3. The SMILES string of the molecule is Cl.Cl.Cl.Cl.Cl.Cl.NCCCN(CCCN)CCP(=O)(OCCCOP(=O)(CCN(CCCN)CCCN)OCCC12CC3CC(CC(C3)C1)C2)OCCC12CC3CC(CC(C3)C1)C2. The summed E-state index contributed by atoms with van der Waals surface area (Å²) in [6.45, 7) is 8.42. The predicted octanol–water partition coefficient (Wildman–Crippen LogP) is 9.57. The Kier molecular flexibility index (Phi) is 32.8. The number of rotatable bonds is 32. The van der Waals surface area contributed by atoms with Gasteiger partial charge < -0.3 is 50.8 Å². The highest BCUT2D eigenvalue weighted by atomic mass is 35.5. The lowest BCUT2D eigenvalue weighted by atomic mass is 9.49. The van der Waals surface area contributed by atoms with Gasteiger partial charge in [0, 0.05) is 13.1 Å². The molecule has 2 unspecified atom stereocenters. The summed E-state index contributed by atoms with van der Waals surface area (Å²) in [5, 5.41) is 0. The summed E-state index contributed by atoms with van der Waals surface area (Å²) in [5.74, 6) is 5.22.